The normalized spacial score (nSPS) is 17.4. The molecule has 1 fully saturated rings. The predicted molar refractivity (Wildman–Crippen MR) is 93.6 cm³/mol. The number of morpholine rings is 1. The van der Waals surface area contributed by atoms with Gasteiger partial charge >= 0.3 is 0 Å². The first-order valence-corrected chi connectivity index (χ1v) is 8.52. The Bertz CT molecular complexity index is 772. The second-order valence-corrected chi connectivity index (χ2v) is 6.43. The van der Waals surface area contributed by atoms with Gasteiger partial charge < -0.3 is 14.4 Å². The van der Waals surface area contributed by atoms with Crippen LogP contribution in [0.3, 0.4) is 0 Å². The van der Waals surface area contributed by atoms with Gasteiger partial charge in [0.1, 0.15) is 17.7 Å². The molecule has 25 heavy (non-hydrogen) atoms. The van der Waals surface area contributed by atoms with E-state index in [4.69, 9.17) is 32.7 Å². The van der Waals surface area contributed by atoms with E-state index >= 15 is 0 Å². The van der Waals surface area contributed by atoms with Crippen LogP contribution in [0.1, 0.15) is 11.7 Å². The van der Waals surface area contributed by atoms with Gasteiger partial charge in [-0.2, -0.15) is 0 Å². The zero-order chi connectivity index (χ0) is 17.8. The molecule has 132 valence electrons. The molecular formula is C18H16Cl2FNO3. The number of carbonyl (C=O) groups excluding carboxylic acids is 1. The number of hydrogen-bond acceptors (Lipinski definition) is 3. The molecule has 4 nitrogen and oxygen atoms in total. The Morgan fingerprint density at radius 3 is 2.84 bits per heavy atom. The minimum Gasteiger partial charge on any atom is -0.482 e. The van der Waals surface area contributed by atoms with E-state index < -0.39 is 6.10 Å². The van der Waals surface area contributed by atoms with Gasteiger partial charge in [-0.15, -0.1) is 0 Å². The van der Waals surface area contributed by atoms with E-state index in [1.165, 1.54) is 6.07 Å². The van der Waals surface area contributed by atoms with Gasteiger partial charge in [-0.05, 0) is 24.3 Å². The molecule has 7 heteroatoms. The number of benzene rings is 2. The lowest BCUT2D eigenvalue weighted by Gasteiger charge is -2.33. The fourth-order valence-electron chi connectivity index (χ4n) is 2.62. The fraction of sp³-hybridized carbons (Fsp3) is 0.278. The van der Waals surface area contributed by atoms with Crippen LogP contribution in [-0.4, -0.2) is 37.1 Å². The molecule has 1 heterocycles. The Kier molecular flexibility index (Phi) is 5.78. The lowest BCUT2D eigenvalue weighted by atomic mass is 10.1. The number of ether oxygens (including phenoxy) is 2. The fourth-order valence-corrected chi connectivity index (χ4v) is 3.09. The van der Waals surface area contributed by atoms with Gasteiger partial charge in [-0.1, -0.05) is 41.4 Å². The molecule has 0 bridgehead atoms. The highest BCUT2D eigenvalue weighted by molar-refractivity contribution is 6.35. The number of rotatable bonds is 4. The second kappa shape index (κ2) is 8.04. The van der Waals surface area contributed by atoms with Gasteiger partial charge in [0.15, 0.2) is 6.61 Å². The second-order valence-electron chi connectivity index (χ2n) is 5.58. The van der Waals surface area contributed by atoms with Gasteiger partial charge in [0.05, 0.1) is 18.2 Å². The van der Waals surface area contributed by atoms with E-state index in [1.54, 1.807) is 41.3 Å². The molecule has 1 atom stereocenters. The van der Waals surface area contributed by atoms with Crippen molar-refractivity contribution in [3.63, 3.8) is 0 Å². The molecule has 2 aromatic carbocycles. The maximum absolute atomic E-state index is 13.9. The van der Waals surface area contributed by atoms with Crippen molar-refractivity contribution in [1.82, 2.24) is 4.90 Å². The molecule has 1 aliphatic heterocycles. The lowest BCUT2D eigenvalue weighted by molar-refractivity contribution is -0.141. The first kappa shape index (κ1) is 18.0. The Morgan fingerprint density at radius 2 is 2.08 bits per heavy atom. The van der Waals surface area contributed by atoms with Crippen LogP contribution < -0.4 is 4.74 Å². The zero-order valence-electron chi connectivity index (χ0n) is 13.3. The van der Waals surface area contributed by atoms with E-state index in [0.717, 1.165) is 0 Å². The summed E-state index contributed by atoms with van der Waals surface area (Å²) in [5.41, 5.74) is 0.446. The summed E-state index contributed by atoms with van der Waals surface area (Å²) in [5.74, 6) is -0.167. The SMILES string of the molecule is O=C(COc1ccc(Cl)cc1Cl)N1CCOC(c2ccccc2F)C1. The van der Waals surface area contributed by atoms with Crippen molar-refractivity contribution in [3.8, 4) is 5.75 Å². The summed E-state index contributed by atoms with van der Waals surface area (Å²) >= 11 is 11.9. The van der Waals surface area contributed by atoms with Crippen molar-refractivity contribution in [2.45, 2.75) is 6.10 Å². The molecule has 0 aromatic heterocycles. The Labute approximate surface area is 155 Å². The minimum atomic E-state index is -0.488. The molecule has 1 aliphatic rings. The van der Waals surface area contributed by atoms with Crippen molar-refractivity contribution in [1.29, 1.82) is 0 Å². The smallest absolute Gasteiger partial charge is 0.260 e. The molecule has 3 rings (SSSR count). The lowest BCUT2D eigenvalue weighted by Crippen LogP contribution is -2.44. The van der Waals surface area contributed by atoms with Gasteiger partial charge in [-0.25, -0.2) is 4.39 Å². The Balaban J connectivity index is 1.61. The standard InChI is InChI=1S/C18H16Cl2FNO3/c19-12-5-6-16(14(20)9-12)25-11-18(23)22-7-8-24-17(10-22)13-3-1-2-4-15(13)21/h1-6,9,17H,7-8,10-11H2. The summed E-state index contributed by atoms with van der Waals surface area (Å²) in [6.07, 6.45) is -0.488. The first-order chi connectivity index (χ1) is 12.0. The molecule has 0 spiro atoms. The molecule has 1 amide bonds. The monoisotopic (exact) mass is 383 g/mol. The van der Waals surface area contributed by atoms with Crippen molar-refractivity contribution in [3.05, 3.63) is 63.9 Å². The van der Waals surface area contributed by atoms with Gasteiger partial charge in [0, 0.05) is 17.1 Å². The average molecular weight is 384 g/mol. The van der Waals surface area contributed by atoms with Crippen LogP contribution in [0.2, 0.25) is 10.0 Å². The Morgan fingerprint density at radius 1 is 1.28 bits per heavy atom. The van der Waals surface area contributed by atoms with Crippen molar-refractivity contribution in [2.24, 2.45) is 0 Å². The highest BCUT2D eigenvalue weighted by Gasteiger charge is 2.27. The summed E-state index contributed by atoms with van der Waals surface area (Å²) in [6, 6.07) is 11.2. The third-order valence-corrected chi connectivity index (χ3v) is 4.45. The molecule has 1 saturated heterocycles. The molecule has 1 unspecified atom stereocenters. The van der Waals surface area contributed by atoms with Crippen LogP contribution >= 0.6 is 23.2 Å². The highest BCUT2D eigenvalue weighted by Crippen LogP contribution is 2.28. The number of halogens is 3. The van der Waals surface area contributed by atoms with E-state index in [9.17, 15) is 9.18 Å². The van der Waals surface area contributed by atoms with Crippen molar-refractivity contribution in [2.75, 3.05) is 26.3 Å². The summed E-state index contributed by atoms with van der Waals surface area (Å²) < 4.78 is 25.0. The van der Waals surface area contributed by atoms with E-state index in [1.807, 2.05) is 0 Å². The molecule has 0 N–H and O–H groups in total. The number of amides is 1. The minimum absolute atomic E-state index is 0.161. The molecular weight excluding hydrogens is 368 g/mol. The number of nitrogens with zero attached hydrogens (tertiary/aromatic N) is 1. The number of carbonyl (C=O) groups is 1. The average Bonchev–Trinajstić information content (AvgIpc) is 2.61. The van der Waals surface area contributed by atoms with Gasteiger partial charge in [0.2, 0.25) is 0 Å². The van der Waals surface area contributed by atoms with Crippen molar-refractivity contribution < 1.29 is 18.7 Å². The largest absolute Gasteiger partial charge is 0.482 e. The van der Waals surface area contributed by atoms with Gasteiger partial charge in [0.25, 0.3) is 5.91 Å². The molecule has 0 aliphatic carbocycles. The summed E-state index contributed by atoms with van der Waals surface area (Å²) in [4.78, 5) is 14.0. The third-order valence-electron chi connectivity index (χ3n) is 3.92. The highest BCUT2D eigenvalue weighted by atomic mass is 35.5. The molecule has 0 radical (unpaired) electrons. The van der Waals surface area contributed by atoms with Gasteiger partial charge in [-0.3, -0.25) is 4.79 Å². The number of hydrogen-bond donors (Lipinski definition) is 0. The Hall–Kier alpha value is -1.82. The topological polar surface area (TPSA) is 38.8 Å². The maximum atomic E-state index is 13.9. The zero-order valence-corrected chi connectivity index (χ0v) is 14.8. The van der Waals surface area contributed by atoms with E-state index in [2.05, 4.69) is 0 Å². The predicted octanol–water partition coefficient (Wildman–Crippen LogP) is 4.11. The van der Waals surface area contributed by atoms with Crippen LogP contribution in [0.25, 0.3) is 0 Å². The van der Waals surface area contributed by atoms with Crippen LogP contribution in [0.5, 0.6) is 5.75 Å². The van der Waals surface area contributed by atoms with Crippen molar-refractivity contribution >= 4 is 29.1 Å². The van der Waals surface area contributed by atoms with Crippen LogP contribution in [0.4, 0.5) is 4.39 Å². The molecule has 0 saturated carbocycles. The summed E-state index contributed by atoms with van der Waals surface area (Å²) in [5, 5.41) is 0.830. The summed E-state index contributed by atoms with van der Waals surface area (Å²) in [6.45, 7) is 0.886. The van der Waals surface area contributed by atoms with E-state index in [0.29, 0.717) is 34.5 Å². The maximum Gasteiger partial charge on any atom is 0.260 e. The third kappa shape index (κ3) is 4.42. The van der Waals surface area contributed by atoms with Crippen LogP contribution in [0, 0.1) is 5.82 Å². The first-order valence-electron chi connectivity index (χ1n) is 7.76. The van der Waals surface area contributed by atoms with E-state index in [-0.39, 0.29) is 24.9 Å². The molecule has 2 aromatic rings. The van der Waals surface area contributed by atoms with Crippen LogP contribution in [0.15, 0.2) is 42.5 Å². The summed E-state index contributed by atoms with van der Waals surface area (Å²) in [7, 11) is 0. The van der Waals surface area contributed by atoms with Crippen LogP contribution in [-0.2, 0) is 9.53 Å². The quantitative estimate of drug-likeness (QED) is 0.797.